The zero-order chi connectivity index (χ0) is 13.3. The number of carbonyl (C=O) groups excluding carboxylic acids is 1. The number of nitrogens with one attached hydrogen (secondary N) is 1. The third-order valence-electron chi connectivity index (χ3n) is 3.82. The van der Waals surface area contributed by atoms with E-state index in [1.54, 1.807) is 0 Å². The lowest BCUT2D eigenvalue weighted by molar-refractivity contribution is 0.100. The number of nitrogens with zero attached hydrogens (tertiary/aromatic N) is 1. The molecule has 1 aliphatic rings. The van der Waals surface area contributed by atoms with Crippen LogP contribution in [-0.4, -0.2) is 32.1 Å². The summed E-state index contributed by atoms with van der Waals surface area (Å²) in [6.45, 7) is 9.94. The molecule has 1 aliphatic heterocycles. The second-order valence-electron chi connectivity index (χ2n) is 4.94. The quantitative estimate of drug-likeness (QED) is 0.823. The first-order chi connectivity index (χ1) is 8.52. The average Bonchev–Trinajstić information content (AvgIpc) is 2.36. The van der Waals surface area contributed by atoms with Gasteiger partial charge in [0.15, 0.2) is 0 Å². The van der Waals surface area contributed by atoms with Crippen molar-refractivity contribution in [3.63, 3.8) is 0 Å². The van der Waals surface area contributed by atoms with Gasteiger partial charge in [0.1, 0.15) is 0 Å². The fourth-order valence-corrected chi connectivity index (χ4v) is 2.55. The summed E-state index contributed by atoms with van der Waals surface area (Å²) in [6.07, 6.45) is 0. The van der Waals surface area contributed by atoms with E-state index >= 15 is 0 Å². The van der Waals surface area contributed by atoms with Crippen molar-refractivity contribution >= 4 is 11.6 Å². The van der Waals surface area contributed by atoms with Crippen LogP contribution in [-0.2, 0) is 0 Å². The van der Waals surface area contributed by atoms with E-state index in [2.05, 4.69) is 24.1 Å². The standard InChI is InChI=1S/C14H21N3O/c1-9-8-12(14(15)18)13(11(3)10(9)2)17-6-4-16-5-7-17/h8,16H,4-7H2,1-3H3,(H2,15,18). The van der Waals surface area contributed by atoms with Gasteiger partial charge in [0.2, 0.25) is 0 Å². The van der Waals surface area contributed by atoms with Crippen LogP contribution in [0.5, 0.6) is 0 Å². The molecule has 2 rings (SSSR count). The molecule has 4 nitrogen and oxygen atoms in total. The maximum Gasteiger partial charge on any atom is 0.250 e. The summed E-state index contributed by atoms with van der Waals surface area (Å²) in [5.74, 6) is -0.338. The molecular formula is C14H21N3O. The molecule has 1 fully saturated rings. The Morgan fingerprint density at radius 1 is 1.22 bits per heavy atom. The third kappa shape index (κ3) is 2.20. The number of nitrogens with two attached hydrogens (primary N) is 1. The predicted octanol–water partition coefficient (Wildman–Crippen LogP) is 1.12. The van der Waals surface area contributed by atoms with Gasteiger partial charge in [0.05, 0.1) is 11.3 Å². The van der Waals surface area contributed by atoms with Gasteiger partial charge in [-0.3, -0.25) is 4.79 Å². The minimum Gasteiger partial charge on any atom is -0.368 e. The van der Waals surface area contributed by atoms with E-state index < -0.39 is 0 Å². The van der Waals surface area contributed by atoms with Crippen LogP contribution in [0.1, 0.15) is 27.0 Å². The Morgan fingerprint density at radius 2 is 1.83 bits per heavy atom. The van der Waals surface area contributed by atoms with Gasteiger partial charge in [0.25, 0.3) is 5.91 Å². The number of piperazine rings is 1. The Bertz CT molecular complexity index is 476. The van der Waals surface area contributed by atoms with Crippen molar-refractivity contribution in [2.45, 2.75) is 20.8 Å². The van der Waals surface area contributed by atoms with Crippen LogP contribution in [0.4, 0.5) is 5.69 Å². The molecule has 1 aromatic rings. The lowest BCUT2D eigenvalue weighted by Crippen LogP contribution is -2.44. The number of benzene rings is 1. The summed E-state index contributed by atoms with van der Waals surface area (Å²) in [6, 6.07) is 1.92. The molecule has 1 aromatic carbocycles. The molecule has 1 saturated heterocycles. The molecule has 18 heavy (non-hydrogen) atoms. The highest BCUT2D eigenvalue weighted by atomic mass is 16.1. The SMILES string of the molecule is Cc1cc(C(N)=O)c(N2CCNCC2)c(C)c1C. The summed E-state index contributed by atoms with van der Waals surface area (Å²) < 4.78 is 0. The molecule has 0 radical (unpaired) electrons. The largest absolute Gasteiger partial charge is 0.368 e. The first kappa shape index (κ1) is 12.9. The first-order valence-corrected chi connectivity index (χ1v) is 6.38. The zero-order valence-electron chi connectivity index (χ0n) is 11.3. The maximum absolute atomic E-state index is 11.7. The highest BCUT2D eigenvalue weighted by Crippen LogP contribution is 2.30. The van der Waals surface area contributed by atoms with E-state index in [0.29, 0.717) is 5.56 Å². The first-order valence-electron chi connectivity index (χ1n) is 6.38. The van der Waals surface area contributed by atoms with Crippen LogP contribution in [0.25, 0.3) is 0 Å². The van der Waals surface area contributed by atoms with E-state index in [1.807, 2.05) is 13.0 Å². The maximum atomic E-state index is 11.7. The van der Waals surface area contributed by atoms with Crippen LogP contribution >= 0.6 is 0 Å². The van der Waals surface area contributed by atoms with E-state index in [1.165, 1.54) is 11.1 Å². The zero-order valence-corrected chi connectivity index (χ0v) is 11.3. The molecule has 0 unspecified atom stereocenters. The monoisotopic (exact) mass is 247 g/mol. The van der Waals surface area contributed by atoms with Crippen molar-refractivity contribution in [1.29, 1.82) is 0 Å². The lowest BCUT2D eigenvalue weighted by Gasteiger charge is -2.33. The smallest absolute Gasteiger partial charge is 0.250 e. The second kappa shape index (κ2) is 4.98. The Balaban J connectivity index is 2.55. The predicted molar refractivity (Wildman–Crippen MR) is 74.3 cm³/mol. The van der Waals surface area contributed by atoms with Gasteiger partial charge in [-0.15, -0.1) is 0 Å². The van der Waals surface area contributed by atoms with Crippen molar-refractivity contribution in [2.75, 3.05) is 31.1 Å². The number of carbonyl (C=O) groups is 1. The Hall–Kier alpha value is -1.55. The van der Waals surface area contributed by atoms with Gasteiger partial charge >= 0.3 is 0 Å². The normalized spacial score (nSPS) is 15.8. The van der Waals surface area contributed by atoms with Gasteiger partial charge in [0, 0.05) is 26.2 Å². The van der Waals surface area contributed by atoms with Crippen molar-refractivity contribution in [3.8, 4) is 0 Å². The lowest BCUT2D eigenvalue weighted by atomic mass is 9.96. The third-order valence-corrected chi connectivity index (χ3v) is 3.82. The van der Waals surface area contributed by atoms with E-state index in [9.17, 15) is 4.79 Å². The van der Waals surface area contributed by atoms with Crippen LogP contribution < -0.4 is 16.0 Å². The minimum absolute atomic E-state index is 0.338. The number of aryl methyl sites for hydroxylation is 1. The van der Waals surface area contributed by atoms with Crippen LogP contribution in [0.3, 0.4) is 0 Å². The van der Waals surface area contributed by atoms with Crippen LogP contribution in [0.15, 0.2) is 6.07 Å². The van der Waals surface area contributed by atoms with Gasteiger partial charge in [-0.25, -0.2) is 0 Å². The number of primary amides is 1. The van der Waals surface area contributed by atoms with Crippen molar-refractivity contribution < 1.29 is 4.79 Å². The van der Waals surface area contributed by atoms with Crippen molar-refractivity contribution in [1.82, 2.24) is 5.32 Å². The molecule has 0 spiro atoms. The summed E-state index contributed by atoms with van der Waals surface area (Å²) in [5, 5.41) is 3.32. The van der Waals surface area contributed by atoms with E-state index in [4.69, 9.17) is 5.73 Å². The molecule has 0 aliphatic carbocycles. The fraction of sp³-hybridized carbons (Fsp3) is 0.500. The van der Waals surface area contributed by atoms with Gasteiger partial charge in [-0.05, 0) is 43.5 Å². The minimum atomic E-state index is -0.338. The molecule has 4 heteroatoms. The topological polar surface area (TPSA) is 58.4 Å². The number of hydrogen-bond donors (Lipinski definition) is 2. The van der Waals surface area contributed by atoms with Gasteiger partial charge in [-0.2, -0.15) is 0 Å². The molecule has 0 saturated carbocycles. The molecule has 98 valence electrons. The fourth-order valence-electron chi connectivity index (χ4n) is 2.55. The molecule has 0 aromatic heterocycles. The summed E-state index contributed by atoms with van der Waals surface area (Å²) in [7, 11) is 0. The van der Waals surface area contributed by atoms with Gasteiger partial charge < -0.3 is 16.0 Å². The number of amides is 1. The molecule has 0 atom stereocenters. The van der Waals surface area contributed by atoms with Gasteiger partial charge in [-0.1, -0.05) is 0 Å². The summed E-state index contributed by atoms with van der Waals surface area (Å²) in [4.78, 5) is 13.9. The molecule has 1 heterocycles. The van der Waals surface area contributed by atoms with Crippen molar-refractivity contribution in [2.24, 2.45) is 5.73 Å². The Morgan fingerprint density at radius 3 is 2.39 bits per heavy atom. The van der Waals surface area contributed by atoms with Crippen LogP contribution in [0, 0.1) is 20.8 Å². The molecule has 1 amide bonds. The number of hydrogen-bond acceptors (Lipinski definition) is 3. The molecule has 0 bridgehead atoms. The molecule has 3 N–H and O–H groups in total. The summed E-state index contributed by atoms with van der Waals surface area (Å²) >= 11 is 0. The number of rotatable bonds is 2. The van der Waals surface area contributed by atoms with E-state index in [0.717, 1.165) is 37.4 Å². The summed E-state index contributed by atoms with van der Waals surface area (Å²) in [5.41, 5.74) is 10.7. The number of anilines is 1. The van der Waals surface area contributed by atoms with Crippen LogP contribution in [0.2, 0.25) is 0 Å². The highest BCUT2D eigenvalue weighted by Gasteiger charge is 2.21. The second-order valence-corrected chi connectivity index (χ2v) is 4.94. The highest BCUT2D eigenvalue weighted by molar-refractivity contribution is 6.00. The Labute approximate surface area is 108 Å². The van der Waals surface area contributed by atoms with Crippen molar-refractivity contribution in [3.05, 3.63) is 28.3 Å². The van der Waals surface area contributed by atoms with E-state index in [-0.39, 0.29) is 5.91 Å². The molecular weight excluding hydrogens is 226 g/mol. The average molecular weight is 247 g/mol. The Kier molecular flexibility index (Phi) is 3.57.